The van der Waals surface area contributed by atoms with Gasteiger partial charge in [0.25, 0.3) is 11.7 Å². The molecule has 288 valence electrons. The van der Waals surface area contributed by atoms with Crippen molar-refractivity contribution < 1.29 is 47.6 Å². The third-order valence-electron chi connectivity index (χ3n) is 10.6. The van der Waals surface area contributed by atoms with Crippen molar-refractivity contribution in [2.45, 2.75) is 84.6 Å². The normalized spacial score (nSPS) is 29.3. The van der Waals surface area contributed by atoms with Gasteiger partial charge in [-0.25, -0.2) is 4.98 Å². The number of carbonyl (C=O) groups excluding carboxylic acids is 3. The number of nitrogens with one attached hydrogen (secondary N) is 1. The van der Waals surface area contributed by atoms with Gasteiger partial charge in [-0.15, -0.1) is 0 Å². The number of hydrogen-bond acceptors (Lipinski definition) is 12. The largest absolute Gasteiger partial charge is 0.507 e. The maximum Gasteiger partial charge on any atom is 0.312 e. The van der Waals surface area contributed by atoms with Crippen LogP contribution >= 0.6 is 15.9 Å². The maximum absolute atomic E-state index is 14.5. The molecular weight excluding hydrogens is 776 g/mol. The lowest BCUT2D eigenvalue weighted by Gasteiger charge is -2.27. The monoisotopic (exact) mass is 816 g/mol. The van der Waals surface area contributed by atoms with Crippen molar-refractivity contribution in [3.05, 3.63) is 80.2 Å². The Morgan fingerprint density at radius 1 is 1.11 bits per heavy atom. The van der Waals surface area contributed by atoms with Crippen molar-refractivity contribution in [3.63, 3.8) is 0 Å². The van der Waals surface area contributed by atoms with Crippen molar-refractivity contribution >= 4 is 61.1 Å². The second-order valence-corrected chi connectivity index (χ2v) is 15.4. The van der Waals surface area contributed by atoms with Crippen LogP contribution in [0.1, 0.15) is 63.4 Å². The van der Waals surface area contributed by atoms with Gasteiger partial charge in [-0.3, -0.25) is 19.2 Å². The minimum absolute atomic E-state index is 0.00551. The zero-order chi connectivity index (χ0) is 39.5. The number of rotatable bonds is 2. The van der Waals surface area contributed by atoms with Crippen molar-refractivity contribution in [2.75, 3.05) is 12.4 Å². The Hall–Kier alpha value is -5.05. The van der Waals surface area contributed by atoms with Crippen LogP contribution in [0.25, 0.3) is 33.3 Å². The number of carbonyl (C=O) groups is 3. The Balaban J connectivity index is 1.43. The number of ketones is 1. The van der Waals surface area contributed by atoms with Crippen LogP contribution in [0.5, 0.6) is 11.5 Å². The molecule has 0 spiro atoms. The number of halogens is 1. The number of phenolic OH excluding ortho intramolecular Hbond substituents is 1. The molecule has 5 heterocycles. The first-order valence-corrected chi connectivity index (χ1v) is 18.8. The minimum Gasteiger partial charge on any atom is -0.507 e. The fourth-order valence-electron chi connectivity index (χ4n) is 7.64. The SMILES string of the molecule is CO[C@H]1/C=C/O[C@@]2(C)Oc3c(C)c(O)c4c(=O)c(c5oc6ccc(Br)cc6nc-5c4c3C2=O)NC(=O)/C(C)=C\C=C\[C@H](C)[C@@H]2O[C@H](C[C@@H]2C)[C@H](OC(C)=O)C1. The van der Waals surface area contributed by atoms with Crippen LogP contribution in [-0.2, 0) is 28.5 Å². The van der Waals surface area contributed by atoms with Crippen LogP contribution in [0.15, 0.2) is 68.0 Å². The van der Waals surface area contributed by atoms with E-state index in [1.807, 2.05) is 13.0 Å². The first-order chi connectivity index (χ1) is 26.1. The van der Waals surface area contributed by atoms with E-state index in [4.69, 9.17) is 33.1 Å². The van der Waals surface area contributed by atoms with E-state index in [0.29, 0.717) is 22.0 Å². The Labute approximate surface area is 324 Å². The lowest BCUT2D eigenvalue weighted by atomic mass is 9.91. The number of amides is 1. The summed E-state index contributed by atoms with van der Waals surface area (Å²) >= 11 is 3.45. The van der Waals surface area contributed by atoms with Crippen molar-refractivity contribution in [3.8, 4) is 23.0 Å². The van der Waals surface area contributed by atoms with E-state index in [0.717, 1.165) is 0 Å². The molecule has 2 N–H and O–H groups in total. The third-order valence-corrected chi connectivity index (χ3v) is 11.0. The number of methoxy groups -OCH3 is 1. The molecule has 7 atom stereocenters. The molecular formula is C41H41BrN2O11. The van der Waals surface area contributed by atoms with Crippen molar-refractivity contribution in [2.24, 2.45) is 11.8 Å². The molecule has 0 radical (unpaired) electrons. The highest BCUT2D eigenvalue weighted by atomic mass is 79.9. The van der Waals surface area contributed by atoms with Gasteiger partial charge in [0.05, 0.1) is 35.5 Å². The van der Waals surface area contributed by atoms with Gasteiger partial charge in [0.15, 0.2) is 11.3 Å². The van der Waals surface area contributed by atoms with Gasteiger partial charge in [0.1, 0.15) is 34.5 Å². The number of aromatic hydroxyl groups is 1. The second-order valence-electron chi connectivity index (χ2n) is 14.5. The highest BCUT2D eigenvalue weighted by Gasteiger charge is 2.50. The van der Waals surface area contributed by atoms with E-state index in [2.05, 4.69) is 28.2 Å². The van der Waals surface area contributed by atoms with Crippen LogP contribution in [-0.4, -0.2) is 65.1 Å². The Morgan fingerprint density at radius 2 is 1.87 bits per heavy atom. The summed E-state index contributed by atoms with van der Waals surface area (Å²) in [4.78, 5) is 59.7. The van der Waals surface area contributed by atoms with Crippen LogP contribution in [0, 0.1) is 18.8 Å². The highest BCUT2D eigenvalue weighted by Crippen LogP contribution is 2.50. The molecule has 1 saturated heterocycles. The van der Waals surface area contributed by atoms with E-state index in [1.54, 1.807) is 43.4 Å². The lowest BCUT2D eigenvalue weighted by Crippen LogP contribution is -2.38. The van der Waals surface area contributed by atoms with Gasteiger partial charge in [-0.05, 0) is 50.5 Å². The number of Topliss-reactive ketones (excluding diaryl/α,β-unsaturated/α-hetero) is 1. The molecule has 2 aromatic carbocycles. The molecule has 0 aromatic heterocycles. The van der Waals surface area contributed by atoms with E-state index in [9.17, 15) is 24.3 Å². The van der Waals surface area contributed by atoms with Gasteiger partial charge >= 0.3 is 11.8 Å². The number of allylic oxidation sites excluding steroid dienone is 2. The number of benzene rings is 3. The maximum atomic E-state index is 14.5. The van der Waals surface area contributed by atoms with Gasteiger partial charge < -0.3 is 38.5 Å². The predicted octanol–water partition coefficient (Wildman–Crippen LogP) is 7.27. The first-order valence-electron chi connectivity index (χ1n) is 18.0. The molecule has 1 fully saturated rings. The molecule has 0 saturated carbocycles. The first kappa shape index (κ1) is 38.2. The molecule has 1 amide bonds. The quantitative estimate of drug-likeness (QED) is 0.118. The van der Waals surface area contributed by atoms with Crippen LogP contribution in [0.4, 0.5) is 5.69 Å². The van der Waals surface area contributed by atoms with Gasteiger partial charge in [0, 0.05) is 54.3 Å². The molecule has 8 rings (SSSR count). The molecule has 2 aromatic rings. The smallest absolute Gasteiger partial charge is 0.312 e. The van der Waals surface area contributed by atoms with E-state index < -0.39 is 52.9 Å². The molecule has 7 bridgehead atoms. The third kappa shape index (κ3) is 6.80. The summed E-state index contributed by atoms with van der Waals surface area (Å²) in [5.74, 6) is -4.21. The van der Waals surface area contributed by atoms with E-state index in [1.165, 1.54) is 34.1 Å². The zero-order valence-corrected chi connectivity index (χ0v) is 32.9. The average molecular weight is 818 g/mol. The number of aromatic nitrogens is 1. The number of anilines is 1. The Kier molecular flexibility index (Phi) is 10.1. The summed E-state index contributed by atoms with van der Waals surface area (Å²) in [5, 5.41) is 14.1. The van der Waals surface area contributed by atoms with Gasteiger partial charge in [-0.1, -0.05) is 48.0 Å². The van der Waals surface area contributed by atoms with Crippen LogP contribution in [0.3, 0.4) is 0 Å². The lowest BCUT2D eigenvalue weighted by molar-refractivity contribution is -0.157. The van der Waals surface area contributed by atoms with Crippen molar-refractivity contribution in [1.82, 2.24) is 4.98 Å². The topological polar surface area (TPSA) is 173 Å². The number of phenols is 1. The number of fused-ring (bicyclic) bond motifs is 9. The minimum atomic E-state index is -1.95. The average Bonchev–Trinajstić information content (AvgIpc) is 3.65. The Bertz CT molecular complexity index is 2380. The summed E-state index contributed by atoms with van der Waals surface area (Å²) in [7, 11) is 1.50. The highest BCUT2D eigenvalue weighted by molar-refractivity contribution is 9.10. The summed E-state index contributed by atoms with van der Waals surface area (Å²) in [6.07, 6.45) is 7.11. The predicted molar refractivity (Wildman–Crippen MR) is 206 cm³/mol. The number of hydrogen-bond donors (Lipinski definition) is 2. The second kappa shape index (κ2) is 14.5. The fourth-order valence-corrected chi connectivity index (χ4v) is 7.98. The summed E-state index contributed by atoms with van der Waals surface area (Å²) in [6.45, 7) is 9.95. The molecule has 0 unspecified atom stereocenters. The molecule has 14 heteroatoms. The summed E-state index contributed by atoms with van der Waals surface area (Å²) < 4.78 is 37.2. The molecule has 13 nitrogen and oxygen atoms in total. The van der Waals surface area contributed by atoms with E-state index >= 15 is 0 Å². The number of esters is 1. The molecule has 55 heavy (non-hydrogen) atoms. The van der Waals surface area contributed by atoms with Crippen LogP contribution < -0.4 is 15.5 Å². The summed E-state index contributed by atoms with van der Waals surface area (Å²) in [6, 6.07) is 5.09. The van der Waals surface area contributed by atoms with Gasteiger partial charge in [0.2, 0.25) is 5.43 Å². The number of ether oxygens (including phenoxy) is 5. The molecule has 6 aliphatic rings. The standard InChI is InChI=1S/C41H41BrN2O11/c1-18-9-8-10-19(2)40(49)44-33-35(47)30-29(32-38(33)53-26-12-11-23(42)16-25(26)43-32)31-37(21(4)34(30)46)55-41(6,39(31)48)51-14-13-24(50-7)17-28(52-22(5)45)27-15-20(3)36(18)54-27/h8-14,16,18,20,24,27-28,36,46H,15,17H2,1-7H3,(H,44,49)/b9-8+,14-13+,19-10-/t18-,20-,24-,27+,28+,36-,41-/m0/s1. The van der Waals surface area contributed by atoms with Crippen molar-refractivity contribution in [1.29, 1.82) is 0 Å². The summed E-state index contributed by atoms with van der Waals surface area (Å²) in [5.41, 5.74) is -0.0129. The molecule has 1 aliphatic carbocycles. The number of nitrogens with zero attached hydrogens (tertiary/aromatic N) is 1. The van der Waals surface area contributed by atoms with Crippen LogP contribution in [0.2, 0.25) is 0 Å². The van der Waals surface area contributed by atoms with E-state index in [-0.39, 0.29) is 74.7 Å². The Morgan fingerprint density at radius 3 is 2.60 bits per heavy atom. The zero-order valence-electron chi connectivity index (χ0n) is 31.4. The molecule has 5 aliphatic heterocycles. The van der Waals surface area contributed by atoms with Gasteiger partial charge in [-0.2, -0.15) is 0 Å². The fraction of sp³-hybridized carbons (Fsp3) is 0.390.